The molecule has 0 rings (SSSR count). The first-order valence-corrected chi connectivity index (χ1v) is 2.97. The Hall–Kier alpha value is 1.67. The molecule has 0 aromatic rings. The van der Waals surface area contributed by atoms with E-state index in [4.69, 9.17) is 42.9 Å². The first kappa shape index (κ1) is 30.6. The molecule has 0 aliphatic rings. The van der Waals surface area contributed by atoms with Gasteiger partial charge in [-0.3, -0.25) is 0 Å². The first-order valence-electron chi connectivity index (χ1n) is 2.34. The third kappa shape index (κ3) is 36.1. The van der Waals surface area contributed by atoms with Gasteiger partial charge in [0.15, 0.2) is 0 Å². The average molecular weight is 318 g/mol. The molecular weight excluding hydrogens is 318 g/mol. The van der Waals surface area contributed by atoms with Gasteiger partial charge in [-0.1, -0.05) is 0 Å². The van der Waals surface area contributed by atoms with Crippen LogP contribution in [0.4, 0.5) is 0 Å². The Morgan fingerprint density at radius 3 is 0.625 bits per heavy atom. The SMILES string of the molecule is O=C([O-])C(=O)[O-].O=C([O-])C(=O)[O-].[K+].[K+].[O]=[Ti+2]. The molecule has 0 aliphatic carbocycles. The third-order valence-electron chi connectivity index (χ3n) is 0.333. The van der Waals surface area contributed by atoms with Crippen molar-refractivity contribution in [1.29, 1.82) is 0 Å². The van der Waals surface area contributed by atoms with E-state index in [0.29, 0.717) is 0 Å². The van der Waals surface area contributed by atoms with Crippen LogP contribution in [0, 0.1) is 0 Å². The fourth-order valence-corrected chi connectivity index (χ4v) is 0. The van der Waals surface area contributed by atoms with Crippen LogP contribution in [0.25, 0.3) is 0 Å². The molecule has 0 amide bonds. The van der Waals surface area contributed by atoms with Gasteiger partial charge >= 0.3 is 126 Å². The Morgan fingerprint density at radius 2 is 0.625 bits per heavy atom. The summed E-state index contributed by atoms with van der Waals surface area (Å²) in [6, 6.07) is 0. The quantitative estimate of drug-likeness (QED) is 0.309. The number of aliphatic carboxylic acids is 4. The molecule has 12 heteroatoms. The standard InChI is InChI=1S/2C2H2O4.2K.O.Ti/c2*3-1(4)2(5)6;;;;/h2*(H,3,4)(H,5,6);;;;/q;;2*+1;;+2/p-4. The monoisotopic (exact) mass is 318 g/mol. The Balaban J connectivity index is -0.0000000393. The van der Waals surface area contributed by atoms with Crippen LogP contribution in [0.2, 0.25) is 0 Å². The fourth-order valence-electron chi connectivity index (χ4n) is 0. The van der Waals surface area contributed by atoms with Crippen molar-refractivity contribution >= 4 is 23.9 Å². The molecule has 0 saturated heterocycles. The number of carbonyl (C=O) groups is 4. The molecule has 0 aromatic heterocycles. The number of carboxylic acid groups (broad SMARTS) is 4. The molecule has 0 atom stereocenters. The Kier molecular flexibility index (Phi) is 41.9. The topological polar surface area (TPSA) is 178 Å². The predicted octanol–water partition coefficient (Wildman–Crippen LogP) is -13.1. The van der Waals surface area contributed by atoms with Gasteiger partial charge in [-0.2, -0.15) is 0 Å². The first-order chi connectivity index (χ1) is 6.29. The van der Waals surface area contributed by atoms with Crippen LogP contribution >= 0.6 is 0 Å². The van der Waals surface area contributed by atoms with Crippen LogP contribution in [-0.2, 0) is 42.9 Å². The Labute approximate surface area is 186 Å². The van der Waals surface area contributed by atoms with Gasteiger partial charge in [-0.25, -0.2) is 0 Å². The van der Waals surface area contributed by atoms with Crippen molar-refractivity contribution in [2.24, 2.45) is 0 Å². The van der Waals surface area contributed by atoms with Crippen molar-refractivity contribution in [3.63, 3.8) is 0 Å². The zero-order valence-electron chi connectivity index (χ0n) is 8.17. The Bertz CT molecular complexity index is 194. The molecular formula is C4K2O9Ti. The van der Waals surface area contributed by atoms with Gasteiger partial charge < -0.3 is 39.6 Å². The van der Waals surface area contributed by atoms with Crippen LogP contribution < -0.4 is 123 Å². The van der Waals surface area contributed by atoms with E-state index in [1.807, 2.05) is 0 Å². The summed E-state index contributed by atoms with van der Waals surface area (Å²) in [6.45, 7) is 0. The number of carboxylic acids is 4. The molecule has 0 bridgehead atoms. The molecule has 0 radical (unpaired) electrons. The van der Waals surface area contributed by atoms with Crippen molar-refractivity contribution in [3.8, 4) is 0 Å². The summed E-state index contributed by atoms with van der Waals surface area (Å²) in [7, 11) is 0. The molecule has 0 heterocycles. The van der Waals surface area contributed by atoms with Crippen molar-refractivity contribution in [3.05, 3.63) is 0 Å². The number of hydrogen-bond acceptors (Lipinski definition) is 9. The zero-order chi connectivity index (χ0) is 12.3. The van der Waals surface area contributed by atoms with Gasteiger partial charge in [0.2, 0.25) is 0 Å². The van der Waals surface area contributed by atoms with E-state index >= 15 is 0 Å². The van der Waals surface area contributed by atoms with E-state index in [1.54, 1.807) is 0 Å². The van der Waals surface area contributed by atoms with Crippen LogP contribution in [0.3, 0.4) is 0 Å². The van der Waals surface area contributed by atoms with E-state index in [2.05, 4.69) is 0 Å². The summed E-state index contributed by atoms with van der Waals surface area (Å²) in [5, 5.41) is 35.7. The third-order valence-corrected chi connectivity index (χ3v) is 0.333. The second-order valence-corrected chi connectivity index (χ2v) is 1.15. The van der Waals surface area contributed by atoms with E-state index < -0.39 is 23.9 Å². The van der Waals surface area contributed by atoms with Crippen molar-refractivity contribution < 1.29 is 166 Å². The van der Waals surface area contributed by atoms with E-state index in [0.717, 1.165) is 20.4 Å². The van der Waals surface area contributed by atoms with Gasteiger partial charge in [0.1, 0.15) is 0 Å². The number of hydrogen-bond donors (Lipinski definition) is 0. The van der Waals surface area contributed by atoms with Gasteiger partial charge in [0.25, 0.3) is 0 Å². The van der Waals surface area contributed by atoms with Gasteiger partial charge in [-0.15, -0.1) is 0 Å². The molecule has 0 aliphatic heterocycles. The molecule has 0 aromatic carbocycles. The predicted molar refractivity (Wildman–Crippen MR) is 20.7 cm³/mol. The number of carbonyl (C=O) groups excluding carboxylic acids is 4. The minimum atomic E-state index is -2.19. The van der Waals surface area contributed by atoms with Crippen LogP contribution in [0.5, 0.6) is 0 Å². The summed E-state index contributed by atoms with van der Waals surface area (Å²) in [5.74, 6) is -8.74. The second kappa shape index (κ2) is 21.9. The van der Waals surface area contributed by atoms with E-state index in [-0.39, 0.29) is 103 Å². The zero-order valence-corrected chi connectivity index (χ0v) is 16.0. The molecule has 0 unspecified atom stereocenters. The minimum absolute atomic E-state index is 0. The van der Waals surface area contributed by atoms with Gasteiger partial charge in [0, 0.05) is 0 Å². The van der Waals surface area contributed by atoms with Crippen LogP contribution in [0.15, 0.2) is 0 Å². The number of rotatable bonds is 0. The van der Waals surface area contributed by atoms with Gasteiger partial charge in [0.05, 0.1) is 23.9 Å². The molecule has 0 saturated carbocycles. The molecule has 0 spiro atoms. The van der Waals surface area contributed by atoms with Crippen molar-refractivity contribution in [2.75, 3.05) is 0 Å². The molecule has 16 heavy (non-hydrogen) atoms. The molecule has 76 valence electrons. The summed E-state index contributed by atoms with van der Waals surface area (Å²) in [5.41, 5.74) is 0. The summed E-state index contributed by atoms with van der Waals surface area (Å²) < 4.78 is 8.25. The van der Waals surface area contributed by atoms with Crippen molar-refractivity contribution in [2.45, 2.75) is 0 Å². The average Bonchev–Trinajstić information content (AvgIpc) is 2.08. The summed E-state index contributed by atoms with van der Waals surface area (Å²) in [4.78, 5) is 35.7. The summed E-state index contributed by atoms with van der Waals surface area (Å²) in [6.07, 6.45) is 0. The van der Waals surface area contributed by atoms with E-state index in [1.165, 1.54) is 0 Å². The second-order valence-electron chi connectivity index (χ2n) is 1.15. The fraction of sp³-hybridized carbons (Fsp3) is 0. The molecule has 9 nitrogen and oxygen atoms in total. The normalized spacial score (nSPS) is 5.88. The van der Waals surface area contributed by atoms with E-state index in [9.17, 15) is 0 Å². The molecule has 0 fully saturated rings. The van der Waals surface area contributed by atoms with Crippen LogP contribution in [0.1, 0.15) is 0 Å². The molecule has 0 N–H and O–H groups in total. The maximum absolute atomic E-state index is 8.93. The van der Waals surface area contributed by atoms with Crippen LogP contribution in [-0.4, -0.2) is 23.9 Å². The van der Waals surface area contributed by atoms with Crippen molar-refractivity contribution in [1.82, 2.24) is 0 Å². The van der Waals surface area contributed by atoms with Gasteiger partial charge in [-0.05, 0) is 0 Å². The summed E-state index contributed by atoms with van der Waals surface area (Å²) >= 11 is 0.750. The Morgan fingerprint density at radius 1 is 0.562 bits per heavy atom. The maximum atomic E-state index is 8.93.